The number of aromatic nitrogens is 3. The molecule has 0 radical (unpaired) electrons. The van der Waals surface area contributed by atoms with E-state index in [-0.39, 0.29) is 41.1 Å². The van der Waals surface area contributed by atoms with Crippen LogP contribution in [0.5, 0.6) is 11.5 Å². The highest BCUT2D eigenvalue weighted by molar-refractivity contribution is 7.92. The normalized spacial score (nSPS) is 11.5. The topological polar surface area (TPSA) is 106 Å². The molecule has 0 amide bonds. The molecule has 33 heavy (non-hydrogen) atoms. The lowest BCUT2D eigenvalue weighted by atomic mass is 10.1. The lowest BCUT2D eigenvalue weighted by Gasteiger charge is -2.15. The SMILES string of the molecule is O=S(=O)(Nc1cscn1)c1cc(Cl)c(Oc2ccc(F)cc2-c2ccnn2CCO)cc1F. The van der Waals surface area contributed by atoms with Gasteiger partial charge in [0.2, 0.25) is 0 Å². The third-order valence-electron chi connectivity index (χ3n) is 4.41. The molecule has 0 spiro atoms. The van der Waals surface area contributed by atoms with Crippen molar-refractivity contribution in [3.8, 4) is 22.8 Å². The lowest BCUT2D eigenvalue weighted by Crippen LogP contribution is -2.15. The third-order valence-corrected chi connectivity index (χ3v) is 6.66. The van der Waals surface area contributed by atoms with Gasteiger partial charge in [-0.05, 0) is 30.3 Å². The summed E-state index contributed by atoms with van der Waals surface area (Å²) in [6.07, 6.45) is 1.47. The summed E-state index contributed by atoms with van der Waals surface area (Å²) in [5.41, 5.74) is 2.14. The van der Waals surface area contributed by atoms with E-state index in [9.17, 15) is 22.3 Å². The molecule has 0 aliphatic rings. The minimum atomic E-state index is -4.29. The Bertz CT molecular complexity index is 1400. The van der Waals surface area contributed by atoms with E-state index < -0.39 is 26.6 Å². The Kier molecular flexibility index (Phi) is 6.61. The van der Waals surface area contributed by atoms with E-state index in [0.29, 0.717) is 5.69 Å². The fourth-order valence-corrected chi connectivity index (χ4v) is 4.91. The molecule has 0 unspecified atom stereocenters. The molecule has 0 aliphatic carbocycles. The van der Waals surface area contributed by atoms with Gasteiger partial charge in [-0.2, -0.15) is 5.10 Å². The number of aliphatic hydroxyl groups excluding tert-OH is 1. The van der Waals surface area contributed by atoms with Crippen molar-refractivity contribution >= 4 is 38.8 Å². The molecule has 172 valence electrons. The van der Waals surface area contributed by atoms with Crippen molar-refractivity contribution in [3.05, 3.63) is 70.1 Å². The van der Waals surface area contributed by atoms with Crippen LogP contribution < -0.4 is 9.46 Å². The molecule has 0 aliphatic heterocycles. The molecule has 0 bridgehead atoms. The highest BCUT2D eigenvalue weighted by Gasteiger charge is 2.24. The number of sulfonamides is 1. The summed E-state index contributed by atoms with van der Waals surface area (Å²) >= 11 is 7.37. The molecule has 0 fully saturated rings. The number of nitrogens with one attached hydrogen (secondary N) is 1. The maximum absolute atomic E-state index is 14.8. The van der Waals surface area contributed by atoms with E-state index >= 15 is 0 Å². The van der Waals surface area contributed by atoms with Crippen LogP contribution in [0.3, 0.4) is 0 Å². The minimum absolute atomic E-state index is 0.0475. The van der Waals surface area contributed by atoms with Crippen LogP contribution in [-0.4, -0.2) is 34.9 Å². The number of ether oxygens (including phenoxy) is 1. The van der Waals surface area contributed by atoms with Crippen molar-refractivity contribution in [1.82, 2.24) is 14.8 Å². The fraction of sp³-hybridized carbons (Fsp3) is 0.100. The fourth-order valence-electron chi connectivity index (χ4n) is 2.99. The average Bonchev–Trinajstić information content (AvgIpc) is 3.43. The second-order valence-electron chi connectivity index (χ2n) is 6.60. The number of anilines is 1. The molecule has 2 N–H and O–H groups in total. The number of hydrogen-bond donors (Lipinski definition) is 2. The predicted molar refractivity (Wildman–Crippen MR) is 119 cm³/mol. The van der Waals surface area contributed by atoms with Gasteiger partial charge >= 0.3 is 0 Å². The largest absolute Gasteiger partial charge is 0.455 e. The van der Waals surface area contributed by atoms with E-state index in [1.807, 2.05) is 0 Å². The van der Waals surface area contributed by atoms with Crippen LogP contribution in [0.1, 0.15) is 0 Å². The predicted octanol–water partition coefficient (Wildman–Crippen LogP) is 4.52. The van der Waals surface area contributed by atoms with Crippen molar-refractivity contribution < 1.29 is 27.0 Å². The summed E-state index contributed by atoms with van der Waals surface area (Å²) in [6.45, 7) is -0.0334. The lowest BCUT2D eigenvalue weighted by molar-refractivity contribution is 0.270. The Morgan fingerprint density at radius 3 is 2.73 bits per heavy atom. The number of rotatable bonds is 8. The van der Waals surface area contributed by atoms with Gasteiger partial charge in [0.1, 0.15) is 28.0 Å². The summed E-state index contributed by atoms with van der Waals surface area (Å²) in [5.74, 6) is -1.67. The molecule has 4 aromatic rings. The molecule has 13 heteroatoms. The van der Waals surface area contributed by atoms with Gasteiger partial charge < -0.3 is 9.84 Å². The Balaban J connectivity index is 1.69. The summed E-state index contributed by atoms with van der Waals surface area (Å²) < 4.78 is 63.2. The van der Waals surface area contributed by atoms with Crippen molar-refractivity contribution in [3.63, 3.8) is 0 Å². The second kappa shape index (κ2) is 9.43. The van der Waals surface area contributed by atoms with Gasteiger partial charge in [-0.25, -0.2) is 22.2 Å². The zero-order valence-electron chi connectivity index (χ0n) is 16.6. The van der Waals surface area contributed by atoms with Crippen LogP contribution in [0.25, 0.3) is 11.3 Å². The molecule has 0 saturated carbocycles. The number of hydrogen-bond acceptors (Lipinski definition) is 7. The van der Waals surface area contributed by atoms with Gasteiger partial charge in [-0.15, -0.1) is 11.3 Å². The van der Waals surface area contributed by atoms with Crippen LogP contribution in [0.15, 0.2) is 58.4 Å². The number of halogens is 3. The molecule has 8 nitrogen and oxygen atoms in total. The zero-order valence-corrected chi connectivity index (χ0v) is 19.0. The van der Waals surface area contributed by atoms with E-state index in [2.05, 4.69) is 14.8 Å². The van der Waals surface area contributed by atoms with E-state index in [1.165, 1.54) is 45.2 Å². The Morgan fingerprint density at radius 1 is 1.18 bits per heavy atom. The molecule has 0 atom stereocenters. The first-order valence-corrected chi connectivity index (χ1v) is 12.1. The van der Waals surface area contributed by atoms with Crippen molar-refractivity contribution in [2.45, 2.75) is 11.4 Å². The van der Waals surface area contributed by atoms with Gasteiger partial charge in [0.15, 0.2) is 5.82 Å². The van der Waals surface area contributed by atoms with Crippen LogP contribution in [0.4, 0.5) is 14.6 Å². The van der Waals surface area contributed by atoms with Crippen molar-refractivity contribution in [1.29, 1.82) is 0 Å². The van der Waals surface area contributed by atoms with E-state index in [0.717, 1.165) is 18.2 Å². The smallest absolute Gasteiger partial charge is 0.266 e. The molecule has 0 saturated heterocycles. The number of benzene rings is 2. The monoisotopic (exact) mass is 512 g/mol. The first-order chi connectivity index (χ1) is 15.8. The standard InChI is InChI=1S/C20H15ClF2N4O4S2/c21-14-8-19(33(29,30)26-20-10-32-11-24-20)15(23)9-18(14)31-17-2-1-12(22)7-13(17)16-3-4-25-27(16)5-6-28/h1-4,7-11,26,28H,5-6H2. The molecule has 2 aromatic heterocycles. The van der Waals surface area contributed by atoms with Crippen LogP contribution in [0, 0.1) is 11.6 Å². The third kappa shape index (κ3) is 4.98. The molecular weight excluding hydrogens is 498 g/mol. The van der Waals surface area contributed by atoms with Gasteiger partial charge in [0.05, 0.1) is 29.4 Å². The van der Waals surface area contributed by atoms with Gasteiger partial charge in [-0.3, -0.25) is 9.40 Å². The Hall–Kier alpha value is -3.06. The van der Waals surface area contributed by atoms with Crippen LogP contribution in [-0.2, 0) is 16.6 Å². The van der Waals surface area contributed by atoms with Gasteiger partial charge in [-0.1, -0.05) is 11.6 Å². The minimum Gasteiger partial charge on any atom is -0.455 e. The van der Waals surface area contributed by atoms with E-state index in [4.69, 9.17) is 16.3 Å². The quantitative estimate of drug-likeness (QED) is 0.359. The molecule has 2 heterocycles. The highest BCUT2D eigenvalue weighted by atomic mass is 35.5. The molecular formula is C20H15ClF2N4O4S2. The van der Waals surface area contributed by atoms with Gasteiger partial charge in [0.25, 0.3) is 10.0 Å². The average molecular weight is 513 g/mol. The van der Waals surface area contributed by atoms with Crippen molar-refractivity contribution in [2.24, 2.45) is 0 Å². The van der Waals surface area contributed by atoms with E-state index in [1.54, 1.807) is 6.07 Å². The summed E-state index contributed by atoms with van der Waals surface area (Å²) in [6, 6.07) is 7.01. The summed E-state index contributed by atoms with van der Waals surface area (Å²) in [7, 11) is -4.29. The molecule has 2 aromatic carbocycles. The summed E-state index contributed by atoms with van der Waals surface area (Å²) in [5, 5.41) is 14.6. The first-order valence-electron chi connectivity index (χ1n) is 9.29. The van der Waals surface area contributed by atoms with Gasteiger partial charge in [0, 0.05) is 23.2 Å². The highest BCUT2D eigenvalue weighted by Crippen LogP contribution is 2.38. The Morgan fingerprint density at radius 2 is 2.00 bits per heavy atom. The summed E-state index contributed by atoms with van der Waals surface area (Å²) in [4.78, 5) is 3.12. The maximum Gasteiger partial charge on any atom is 0.266 e. The molecule has 4 rings (SSSR count). The number of nitrogens with zero attached hydrogens (tertiary/aromatic N) is 3. The van der Waals surface area contributed by atoms with Crippen LogP contribution >= 0.6 is 22.9 Å². The van der Waals surface area contributed by atoms with Crippen LogP contribution in [0.2, 0.25) is 5.02 Å². The Labute approximate surface area is 196 Å². The first kappa shape index (κ1) is 23.1. The second-order valence-corrected chi connectivity index (χ2v) is 9.37. The zero-order chi connectivity index (χ0) is 23.6. The number of thiazole rings is 1. The number of aliphatic hydroxyl groups is 1. The maximum atomic E-state index is 14.8. The van der Waals surface area contributed by atoms with Crippen molar-refractivity contribution in [2.75, 3.05) is 11.3 Å².